The lowest BCUT2D eigenvalue weighted by Gasteiger charge is -2.20. The molecule has 0 saturated carbocycles. The molecule has 0 atom stereocenters. The molecule has 0 fully saturated rings. The van der Waals surface area contributed by atoms with Crippen molar-refractivity contribution in [3.05, 3.63) is 243 Å². The van der Waals surface area contributed by atoms with Gasteiger partial charge in [-0.1, -0.05) is 164 Å². The van der Waals surface area contributed by atoms with Gasteiger partial charge in [-0.25, -0.2) is 0 Å². The number of hydrogen-bond acceptors (Lipinski definition) is 0. The fourth-order valence-electron chi connectivity index (χ4n) is 12.6. The summed E-state index contributed by atoms with van der Waals surface area (Å²) >= 11 is 0. The molecule has 2 heterocycles. The summed E-state index contributed by atoms with van der Waals surface area (Å²) in [6.45, 7) is 0. The van der Waals surface area contributed by atoms with Gasteiger partial charge in [-0.2, -0.15) is 0 Å². The van der Waals surface area contributed by atoms with Crippen LogP contribution in [0.5, 0.6) is 0 Å². The molecular weight excluding hydrogens is 845 g/mol. The Balaban J connectivity index is 0.882. The van der Waals surface area contributed by atoms with Crippen molar-refractivity contribution in [1.29, 1.82) is 0 Å². The zero-order chi connectivity index (χ0) is 45.6. The molecule has 0 N–H and O–H groups in total. The lowest BCUT2D eigenvalue weighted by molar-refractivity contribution is 1.18. The summed E-state index contributed by atoms with van der Waals surface area (Å²) in [5.74, 6) is 0. The number of aromatic nitrogens is 2. The largest absolute Gasteiger partial charge is 0.309 e. The van der Waals surface area contributed by atoms with Crippen LogP contribution in [-0.4, -0.2) is 9.13 Å². The first-order valence-electron chi connectivity index (χ1n) is 24.3. The Labute approximate surface area is 402 Å². The van der Waals surface area contributed by atoms with Crippen molar-refractivity contribution < 1.29 is 0 Å². The van der Waals surface area contributed by atoms with Crippen molar-refractivity contribution >= 4 is 108 Å². The highest BCUT2D eigenvalue weighted by molar-refractivity contribution is 6.33. The Morgan fingerprint density at radius 2 is 0.586 bits per heavy atom. The lowest BCUT2D eigenvalue weighted by atomic mass is 9.83. The highest BCUT2D eigenvalue weighted by atomic mass is 15.0. The smallest absolute Gasteiger partial charge is 0.0541 e. The molecule has 0 aliphatic rings. The third-order valence-electron chi connectivity index (χ3n) is 15.6. The summed E-state index contributed by atoms with van der Waals surface area (Å²) in [5.41, 5.74) is 14.7. The average molecular weight is 885 g/mol. The fraction of sp³-hybridized carbons (Fsp3) is 0. The van der Waals surface area contributed by atoms with Crippen molar-refractivity contribution in [2.45, 2.75) is 0 Å². The van der Waals surface area contributed by atoms with E-state index in [1.807, 2.05) is 0 Å². The molecule has 0 saturated heterocycles. The number of rotatable bonds is 5. The topological polar surface area (TPSA) is 9.86 Å². The molecule has 0 unspecified atom stereocenters. The van der Waals surface area contributed by atoms with Gasteiger partial charge in [0.15, 0.2) is 0 Å². The first kappa shape index (κ1) is 37.8. The molecule has 16 aromatic rings. The van der Waals surface area contributed by atoms with E-state index in [1.54, 1.807) is 0 Å². The van der Waals surface area contributed by atoms with Crippen LogP contribution in [0, 0.1) is 0 Å². The second-order valence-corrected chi connectivity index (χ2v) is 19.1. The van der Waals surface area contributed by atoms with E-state index in [0.29, 0.717) is 0 Å². The highest BCUT2D eigenvalue weighted by Crippen LogP contribution is 2.49. The van der Waals surface area contributed by atoms with Crippen molar-refractivity contribution in [3.63, 3.8) is 0 Å². The van der Waals surface area contributed by atoms with Crippen molar-refractivity contribution in [1.82, 2.24) is 9.13 Å². The van der Waals surface area contributed by atoms with Crippen molar-refractivity contribution in [2.24, 2.45) is 0 Å². The maximum absolute atomic E-state index is 2.47. The van der Waals surface area contributed by atoms with E-state index in [9.17, 15) is 0 Å². The molecule has 0 spiro atoms. The Hall–Kier alpha value is -9.24. The molecule has 322 valence electrons. The van der Waals surface area contributed by atoms with Gasteiger partial charge in [-0.15, -0.1) is 0 Å². The summed E-state index contributed by atoms with van der Waals surface area (Å²) in [5, 5.41) is 20.5. The van der Waals surface area contributed by atoms with E-state index in [0.717, 1.165) is 0 Å². The maximum atomic E-state index is 2.47. The van der Waals surface area contributed by atoms with E-state index < -0.39 is 0 Å². The van der Waals surface area contributed by atoms with Crippen LogP contribution < -0.4 is 0 Å². The van der Waals surface area contributed by atoms with Gasteiger partial charge < -0.3 is 9.13 Å². The number of benzene rings is 14. The monoisotopic (exact) mass is 884 g/mol. The van der Waals surface area contributed by atoms with E-state index in [-0.39, 0.29) is 0 Å². The summed E-state index contributed by atoms with van der Waals surface area (Å²) in [7, 11) is 0. The van der Waals surface area contributed by atoms with E-state index in [4.69, 9.17) is 0 Å². The fourth-order valence-corrected chi connectivity index (χ4v) is 12.6. The van der Waals surface area contributed by atoms with Crippen LogP contribution in [0.15, 0.2) is 243 Å². The average Bonchev–Trinajstić information content (AvgIpc) is 3.94. The van der Waals surface area contributed by atoms with Crippen molar-refractivity contribution in [2.75, 3.05) is 0 Å². The predicted molar refractivity (Wildman–Crippen MR) is 299 cm³/mol. The quantitative estimate of drug-likeness (QED) is 0.152. The van der Waals surface area contributed by atoms with Crippen LogP contribution in [-0.2, 0) is 0 Å². The molecule has 0 radical (unpaired) electrons. The zero-order valence-corrected chi connectivity index (χ0v) is 38.0. The van der Waals surface area contributed by atoms with Gasteiger partial charge in [0, 0.05) is 32.9 Å². The molecule has 14 aromatic carbocycles. The Kier molecular flexibility index (Phi) is 7.64. The van der Waals surface area contributed by atoms with Crippen LogP contribution in [0.1, 0.15) is 0 Å². The predicted octanol–water partition coefficient (Wildman–Crippen LogP) is 18.7. The normalized spacial score (nSPS) is 12.3. The second kappa shape index (κ2) is 14.1. The molecule has 2 nitrogen and oxygen atoms in total. The standard InChI is InChI=1S/C68H40N2/c1-3-17-47(18-4-1)69-61-26-9-7-21-50(61)59-36-42(30-34-63(59)69)49-32-29-46-40-58(53-24-11-14-41-28-33-55(49)68(46)65(41)53)57-39-45-16-12-23-52-56(38-44-15-13-25-54(57)67(44)66(45)52)43-31-35-64-60(37-43)51-22-8-10-27-62(51)70(64)48-19-5-2-6-20-48/h1-40H. The molecule has 0 amide bonds. The molecular formula is C68H40N2. The van der Waals surface area contributed by atoms with E-state index in [2.05, 4.69) is 252 Å². The SMILES string of the molecule is c1ccc(-n2c3ccccc3c3cc(-c4ccc5cc(-c6cc7cccc8c(-c9ccc%10c(c9)c9ccccc9n%10-c9ccccc9)cc9cccc6c9c78)c6cccc7ccc4c5c76)ccc32)cc1. The molecule has 2 heteroatoms. The molecule has 70 heavy (non-hydrogen) atoms. The van der Waals surface area contributed by atoms with E-state index in [1.165, 1.54) is 153 Å². The van der Waals surface area contributed by atoms with Crippen molar-refractivity contribution in [3.8, 4) is 44.8 Å². The van der Waals surface area contributed by atoms with Gasteiger partial charge in [0.1, 0.15) is 0 Å². The molecule has 0 aliphatic carbocycles. The summed E-state index contributed by atoms with van der Waals surface area (Å²) in [6, 6.07) is 90.6. The Morgan fingerprint density at radius 3 is 1.14 bits per heavy atom. The summed E-state index contributed by atoms with van der Waals surface area (Å²) < 4.78 is 4.79. The summed E-state index contributed by atoms with van der Waals surface area (Å²) in [4.78, 5) is 0. The third-order valence-corrected chi connectivity index (χ3v) is 15.6. The van der Waals surface area contributed by atoms with Crippen LogP contribution in [0.25, 0.3) is 153 Å². The van der Waals surface area contributed by atoms with Gasteiger partial charge in [0.2, 0.25) is 0 Å². The van der Waals surface area contributed by atoms with Gasteiger partial charge in [0.05, 0.1) is 22.1 Å². The first-order valence-corrected chi connectivity index (χ1v) is 24.3. The number of para-hydroxylation sites is 4. The van der Waals surface area contributed by atoms with Crippen LogP contribution in [0.3, 0.4) is 0 Å². The minimum Gasteiger partial charge on any atom is -0.309 e. The van der Waals surface area contributed by atoms with Gasteiger partial charge in [0.25, 0.3) is 0 Å². The lowest BCUT2D eigenvalue weighted by Crippen LogP contribution is -1.94. The Morgan fingerprint density at radius 1 is 0.200 bits per heavy atom. The number of nitrogens with zero attached hydrogens (tertiary/aromatic N) is 2. The highest BCUT2D eigenvalue weighted by Gasteiger charge is 2.22. The molecule has 0 aliphatic heterocycles. The second-order valence-electron chi connectivity index (χ2n) is 19.1. The molecule has 16 rings (SSSR count). The number of hydrogen-bond donors (Lipinski definition) is 0. The summed E-state index contributed by atoms with van der Waals surface area (Å²) in [6.07, 6.45) is 0. The minimum atomic E-state index is 1.17. The molecule has 2 aromatic heterocycles. The van der Waals surface area contributed by atoms with Gasteiger partial charge in [-0.3, -0.25) is 0 Å². The van der Waals surface area contributed by atoms with Crippen LogP contribution >= 0.6 is 0 Å². The first-order chi connectivity index (χ1) is 34.7. The van der Waals surface area contributed by atoms with Gasteiger partial charge in [-0.05, 0) is 177 Å². The van der Waals surface area contributed by atoms with Gasteiger partial charge >= 0.3 is 0 Å². The third kappa shape index (κ3) is 5.17. The number of fused-ring (bicyclic) bond motifs is 6. The van der Waals surface area contributed by atoms with E-state index >= 15 is 0 Å². The van der Waals surface area contributed by atoms with Crippen LogP contribution in [0.4, 0.5) is 0 Å². The molecule has 0 bridgehead atoms. The Bertz CT molecular complexity index is 4750. The minimum absolute atomic E-state index is 1.17. The zero-order valence-electron chi connectivity index (χ0n) is 38.0. The van der Waals surface area contributed by atoms with Crippen LogP contribution in [0.2, 0.25) is 0 Å². The maximum Gasteiger partial charge on any atom is 0.0541 e.